The lowest BCUT2D eigenvalue weighted by atomic mass is 10.0. The number of benzene rings is 1. The van der Waals surface area contributed by atoms with Gasteiger partial charge in [0, 0.05) is 50.4 Å². The number of carbonyl (C=O) groups excluding carboxylic acids is 1. The molecule has 32 heavy (non-hydrogen) atoms. The third kappa shape index (κ3) is 6.26. The number of hydrogen-bond donors (Lipinski definition) is 1. The van der Waals surface area contributed by atoms with Crippen LogP contribution in [0.4, 0.5) is 22.0 Å². The molecule has 12 heteroatoms. The summed E-state index contributed by atoms with van der Waals surface area (Å²) < 4.78 is 68.6. The van der Waals surface area contributed by atoms with Gasteiger partial charge in [-0.3, -0.25) is 9.69 Å². The first-order valence-corrected chi connectivity index (χ1v) is 10.1. The number of hydrogen-bond acceptors (Lipinski definition) is 5. The SMILES string of the molecule is Cc1ncc(C(CNC(=O)c2cccc(OC(F)(F)F)c2Cl)N2CCC(F)(F)CC2)cn1. The van der Waals surface area contributed by atoms with Crippen LogP contribution in [-0.4, -0.2) is 52.7 Å². The monoisotopic (exact) mass is 478 g/mol. The van der Waals surface area contributed by atoms with Crippen LogP contribution in [0.1, 0.15) is 40.6 Å². The number of aromatic nitrogens is 2. The Kier molecular flexibility index (Phi) is 7.19. The zero-order valence-electron chi connectivity index (χ0n) is 16.9. The number of nitrogens with one attached hydrogen (secondary N) is 1. The van der Waals surface area contributed by atoms with Gasteiger partial charge in [-0.15, -0.1) is 13.2 Å². The second-order valence-electron chi connectivity index (χ2n) is 7.35. The molecule has 1 aliphatic rings. The third-order valence-electron chi connectivity index (χ3n) is 5.05. The van der Waals surface area contributed by atoms with Gasteiger partial charge >= 0.3 is 6.36 Å². The van der Waals surface area contributed by atoms with Crippen molar-refractivity contribution in [3.05, 3.63) is 52.6 Å². The topological polar surface area (TPSA) is 67.3 Å². The molecule has 0 aliphatic carbocycles. The summed E-state index contributed by atoms with van der Waals surface area (Å²) in [4.78, 5) is 22.7. The van der Waals surface area contributed by atoms with Gasteiger partial charge < -0.3 is 10.1 Å². The quantitative estimate of drug-likeness (QED) is 0.617. The summed E-state index contributed by atoms with van der Waals surface area (Å²) in [6.45, 7) is 1.87. The molecule has 1 N–H and O–H groups in total. The molecule has 0 saturated carbocycles. The lowest BCUT2D eigenvalue weighted by molar-refractivity contribution is -0.274. The lowest BCUT2D eigenvalue weighted by Gasteiger charge is -2.37. The van der Waals surface area contributed by atoms with E-state index in [9.17, 15) is 26.7 Å². The zero-order chi connectivity index (χ0) is 23.5. The van der Waals surface area contributed by atoms with Crippen LogP contribution in [0, 0.1) is 6.92 Å². The van der Waals surface area contributed by atoms with Crippen LogP contribution in [0.3, 0.4) is 0 Å². The zero-order valence-corrected chi connectivity index (χ0v) is 17.7. The normalized spacial score (nSPS) is 17.6. The lowest BCUT2D eigenvalue weighted by Crippen LogP contribution is -2.45. The highest BCUT2D eigenvalue weighted by atomic mass is 35.5. The van der Waals surface area contributed by atoms with Gasteiger partial charge in [-0.25, -0.2) is 18.7 Å². The van der Waals surface area contributed by atoms with E-state index in [0.29, 0.717) is 11.4 Å². The van der Waals surface area contributed by atoms with Gasteiger partial charge in [-0.05, 0) is 19.1 Å². The van der Waals surface area contributed by atoms with E-state index in [-0.39, 0.29) is 38.0 Å². The van der Waals surface area contributed by atoms with Crippen LogP contribution in [0.15, 0.2) is 30.6 Å². The number of amides is 1. The fourth-order valence-electron chi connectivity index (χ4n) is 3.37. The molecule has 0 spiro atoms. The number of ether oxygens (including phenoxy) is 1. The van der Waals surface area contributed by atoms with Crippen LogP contribution in [0.25, 0.3) is 0 Å². The Balaban J connectivity index is 1.77. The van der Waals surface area contributed by atoms with Gasteiger partial charge in [0.1, 0.15) is 11.6 Å². The second-order valence-corrected chi connectivity index (χ2v) is 7.72. The van der Waals surface area contributed by atoms with Crippen molar-refractivity contribution in [1.29, 1.82) is 0 Å². The van der Waals surface area contributed by atoms with Crippen molar-refractivity contribution in [2.45, 2.75) is 38.1 Å². The van der Waals surface area contributed by atoms with E-state index >= 15 is 0 Å². The first-order valence-electron chi connectivity index (χ1n) is 9.68. The van der Waals surface area contributed by atoms with Gasteiger partial charge in [-0.1, -0.05) is 17.7 Å². The predicted octanol–water partition coefficient (Wildman–Crippen LogP) is 4.54. The number of carbonyl (C=O) groups is 1. The molecule has 1 atom stereocenters. The van der Waals surface area contributed by atoms with Crippen LogP contribution < -0.4 is 10.1 Å². The van der Waals surface area contributed by atoms with Gasteiger partial charge in [-0.2, -0.15) is 0 Å². The van der Waals surface area contributed by atoms with Gasteiger partial charge in [0.05, 0.1) is 16.6 Å². The summed E-state index contributed by atoms with van der Waals surface area (Å²) in [5.74, 6) is -3.66. The van der Waals surface area contributed by atoms with Gasteiger partial charge in [0.25, 0.3) is 11.8 Å². The molecular weight excluding hydrogens is 459 g/mol. The molecule has 1 aromatic heterocycles. The van der Waals surface area contributed by atoms with E-state index in [4.69, 9.17) is 11.6 Å². The minimum atomic E-state index is -4.97. The summed E-state index contributed by atoms with van der Waals surface area (Å²) in [5, 5.41) is 2.13. The van der Waals surface area contributed by atoms with Gasteiger partial charge in [0.2, 0.25) is 0 Å². The standard InChI is InChI=1S/C20H20ClF5N4O2/c1-12-27-9-13(10-28-12)15(30-7-5-19(22,23)6-8-30)11-29-18(31)14-3-2-4-16(17(14)21)32-20(24,25)26/h2-4,9-10,15H,5-8,11H2,1H3,(H,29,31). The minimum absolute atomic E-state index is 0.0164. The van der Waals surface area contributed by atoms with Crippen molar-refractivity contribution in [2.24, 2.45) is 0 Å². The molecule has 6 nitrogen and oxygen atoms in total. The Hall–Kier alpha value is -2.53. The minimum Gasteiger partial charge on any atom is -0.404 e. The first-order chi connectivity index (χ1) is 15.0. The Morgan fingerprint density at radius 1 is 1.25 bits per heavy atom. The smallest absolute Gasteiger partial charge is 0.404 e. The molecule has 1 aromatic carbocycles. The molecule has 1 fully saturated rings. The number of aryl methyl sites for hydroxylation is 1. The first kappa shape index (κ1) is 24.1. The molecule has 0 radical (unpaired) electrons. The van der Waals surface area contributed by atoms with E-state index in [1.54, 1.807) is 24.2 Å². The summed E-state index contributed by atoms with van der Waals surface area (Å²) in [7, 11) is 0. The summed E-state index contributed by atoms with van der Waals surface area (Å²) >= 11 is 5.94. The molecule has 3 rings (SSSR count). The van der Waals surface area contributed by atoms with Crippen molar-refractivity contribution in [3.8, 4) is 5.75 Å². The van der Waals surface area contributed by atoms with E-state index in [2.05, 4.69) is 20.0 Å². The maximum absolute atomic E-state index is 13.6. The summed E-state index contributed by atoms with van der Waals surface area (Å²) in [6, 6.07) is 2.95. The molecule has 1 amide bonds. The van der Waals surface area contributed by atoms with Crippen molar-refractivity contribution in [3.63, 3.8) is 0 Å². The number of alkyl halides is 5. The number of rotatable bonds is 6. The van der Waals surface area contributed by atoms with Crippen LogP contribution in [-0.2, 0) is 0 Å². The molecule has 0 bridgehead atoms. The number of nitrogens with zero attached hydrogens (tertiary/aromatic N) is 3. The Morgan fingerprint density at radius 2 is 1.88 bits per heavy atom. The van der Waals surface area contributed by atoms with Crippen molar-refractivity contribution in [1.82, 2.24) is 20.2 Å². The highest BCUT2D eigenvalue weighted by Gasteiger charge is 2.37. The fraction of sp³-hybridized carbons (Fsp3) is 0.450. The maximum Gasteiger partial charge on any atom is 0.573 e. The summed E-state index contributed by atoms with van der Waals surface area (Å²) in [5.41, 5.74) is 0.402. The Morgan fingerprint density at radius 3 is 2.47 bits per heavy atom. The average molecular weight is 479 g/mol. The van der Waals surface area contributed by atoms with Crippen molar-refractivity contribution >= 4 is 17.5 Å². The highest BCUT2D eigenvalue weighted by molar-refractivity contribution is 6.35. The molecule has 2 aromatic rings. The maximum atomic E-state index is 13.6. The van der Waals surface area contributed by atoms with Crippen LogP contribution >= 0.6 is 11.6 Å². The Bertz CT molecular complexity index is 946. The van der Waals surface area contributed by atoms with Crippen molar-refractivity contribution in [2.75, 3.05) is 19.6 Å². The van der Waals surface area contributed by atoms with Crippen LogP contribution in [0.5, 0.6) is 5.75 Å². The van der Waals surface area contributed by atoms with E-state index in [0.717, 1.165) is 6.07 Å². The second kappa shape index (κ2) is 9.53. The highest BCUT2D eigenvalue weighted by Crippen LogP contribution is 2.34. The molecular formula is C20H20ClF5N4O2. The van der Waals surface area contributed by atoms with E-state index in [1.165, 1.54) is 12.1 Å². The van der Waals surface area contributed by atoms with E-state index < -0.39 is 35.0 Å². The van der Waals surface area contributed by atoms with Crippen LogP contribution in [0.2, 0.25) is 5.02 Å². The number of likely N-dealkylation sites (tertiary alicyclic amines) is 1. The fourth-order valence-corrected chi connectivity index (χ4v) is 3.62. The van der Waals surface area contributed by atoms with E-state index in [1.807, 2.05) is 0 Å². The van der Waals surface area contributed by atoms with Crippen molar-refractivity contribution < 1.29 is 31.5 Å². The molecule has 2 heterocycles. The van der Waals surface area contributed by atoms with Gasteiger partial charge in [0.15, 0.2) is 0 Å². The summed E-state index contributed by atoms with van der Waals surface area (Å²) in [6.07, 6.45) is -2.52. The number of piperidine rings is 1. The molecule has 1 aliphatic heterocycles. The Labute approximate surface area is 185 Å². The largest absolute Gasteiger partial charge is 0.573 e. The molecule has 1 unspecified atom stereocenters. The third-order valence-corrected chi connectivity index (χ3v) is 5.44. The number of halogens is 6. The predicted molar refractivity (Wildman–Crippen MR) is 106 cm³/mol. The molecule has 1 saturated heterocycles. The molecule has 174 valence electrons. The average Bonchev–Trinajstić information content (AvgIpc) is 2.70.